The highest BCUT2D eigenvalue weighted by Gasteiger charge is 2.33. The van der Waals surface area contributed by atoms with Gasteiger partial charge in [-0.25, -0.2) is 14.4 Å². The van der Waals surface area contributed by atoms with Crippen molar-refractivity contribution < 1.29 is 17.6 Å². The topological polar surface area (TPSA) is 66.9 Å². The molecule has 1 aromatic carbocycles. The number of benzene rings is 1. The fourth-order valence-electron chi connectivity index (χ4n) is 2.85. The van der Waals surface area contributed by atoms with Gasteiger partial charge in [0.25, 0.3) is 0 Å². The van der Waals surface area contributed by atoms with Gasteiger partial charge in [0.2, 0.25) is 5.78 Å². The average Bonchev–Trinajstić information content (AvgIpc) is 3.11. The Morgan fingerprint density at radius 1 is 1.04 bits per heavy atom. The quantitative estimate of drug-likeness (QED) is 0.479. The number of alkyl halides is 3. The summed E-state index contributed by atoms with van der Waals surface area (Å²) in [7, 11) is 0. The molecule has 0 bridgehead atoms. The number of hydrogen-bond donors (Lipinski definition) is 0. The van der Waals surface area contributed by atoms with Crippen LogP contribution in [0.25, 0.3) is 28.2 Å². The molecule has 5 nitrogen and oxygen atoms in total. The molecular weight excluding hydrogens is 374 g/mol. The van der Waals surface area contributed by atoms with Gasteiger partial charge in [0.05, 0.1) is 17.5 Å². The second kappa shape index (κ2) is 6.42. The van der Waals surface area contributed by atoms with E-state index < -0.39 is 17.7 Å². The number of aromatic nitrogens is 4. The summed E-state index contributed by atoms with van der Waals surface area (Å²) in [6, 6.07) is 8.54. The van der Waals surface area contributed by atoms with Gasteiger partial charge in [-0.05, 0) is 30.3 Å². The van der Waals surface area contributed by atoms with E-state index >= 15 is 0 Å². The summed E-state index contributed by atoms with van der Waals surface area (Å²) in [4.78, 5) is 11.3. The minimum absolute atomic E-state index is 0.127. The summed E-state index contributed by atoms with van der Waals surface area (Å²) < 4.78 is 54.3. The van der Waals surface area contributed by atoms with Crippen LogP contribution in [0.5, 0.6) is 0 Å². The van der Waals surface area contributed by atoms with E-state index in [-0.39, 0.29) is 16.9 Å². The third-order valence-electron chi connectivity index (χ3n) is 4.16. The Balaban J connectivity index is 1.86. The molecule has 0 radical (unpaired) electrons. The predicted molar refractivity (Wildman–Crippen MR) is 91.3 cm³/mol. The number of rotatable bonds is 2. The first-order valence-electron chi connectivity index (χ1n) is 7.94. The minimum Gasteiger partial charge on any atom is -0.284 e. The van der Waals surface area contributed by atoms with Crippen molar-refractivity contribution >= 4 is 5.78 Å². The minimum atomic E-state index is -4.58. The summed E-state index contributed by atoms with van der Waals surface area (Å²) in [5, 5.41) is 9.23. The van der Waals surface area contributed by atoms with Gasteiger partial charge in [0.1, 0.15) is 17.6 Å². The highest BCUT2D eigenvalue weighted by molar-refractivity contribution is 5.76. The molecule has 0 saturated heterocycles. The van der Waals surface area contributed by atoms with Crippen LogP contribution in [0.1, 0.15) is 11.3 Å². The monoisotopic (exact) mass is 383 g/mol. The lowest BCUT2D eigenvalue weighted by atomic mass is 9.99. The van der Waals surface area contributed by atoms with Gasteiger partial charge in [-0.15, -0.1) is 0 Å². The molecule has 0 amide bonds. The highest BCUT2D eigenvalue weighted by Crippen LogP contribution is 2.32. The molecule has 0 saturated carbocycles. The van der Waals surface area contributed by atoms with Gasteiger partial charge >= 0.3 is 6.18 Å². The van der Waals surface area contributed by atoms with Gasteiger partial charge < -0.3 is 0 Å². The van der Waals surface area contributed by atoms with Crippen LogP contribution >= 0.6 is 0 Å². The van der Waals surface area contributed by atoms with Gasteiger partial charge in [0.15, 0.2) is 0 Å². The maximum Gasteiger partial charge on any atom is 0.433 e. The standard InChI is InChI=1S/C19H9F4N5/c20-15-2-1-11(7-14(15)13-3-5-25-9-12(13)8-24)16-10-26-18-27-17(19(21,22)23)4-6-28(16)18/h1-7,9-10H. The molecule has 138 valence electrons. The molecule has 0 aliphatic heterocycles. The number of fused-ring (bicyclic) bond motifs is 1. The number of imidazole rings is 1. The molecule has 0 atom stereocenters. The molecule has 0 fully saturated rings. The SMILES string of the molecule is N#Cc1cnccc1-c1cc(-c2cnc3nc(C(F)(F)F)ccn23)ccc1F. The maximum atomic E-state index is 14.4. The van der Waals surface area contributed by atoms with E-state index in [0.29, 0.717) is 16.8 Å². The van der Waals surface area contributed by atoms with E-state index in [2.05, 4.69) is 15.0 Å². The lowest BCUT2D eigenvalue weighted by Crippen LogP contribution is -2.09. The first-order valence-corrected chi connectivity index (χ1v) is 7.94. The zero-order chi connectivity index (χ0) is 19.9. The summed E-state index contributed by atoms with van der Waals surface area (Å²) in [5.41, 5.74) is 0.631. The maximum absolute atomic E-state index is 14.4. The third-order valence-corrected chi connectivity index (χ3v) is 4.16. The molecule has 4 rings (SSSR count). The van der Waals surface area contributed by atoms with Crippen molar-refractivity contribution in [1.29, 1.82) is 5.26 Å². The number of nitriles is 1. The Morgan fingerprint density at radius 2 is 1.86 bits per heavy atom. The van der Waals surface area contributed by atoms with Crippen molar-refractivity contribution in [3.05, 3.63) is 72.2 Å². The molecule has 3 aromatic heterocycles. The molecular formula is C19H9F4N5. The van der Waals surface area contributed by atoms with Crippen LogP contribution in [-0.2, 0) is 6.18 Å². The van der Waals surface area contributed by atoms with E-state index in [1.165, 1.54) is 53.5 Å². The van der Waals surface area contributed by atoms with Crippen LogP contribution in [0, 0.1) is 17.1 Å². The van der Waals surface area contributed by atoms with E-state index in [9.17, 15) is 22.8 Å². The van der Waals surface area contributed by atoms with Crippen molar-refractivity contribution in [2.45, 2.75) is 6.18 Å². The largest absolute Gasteiger partial charge is 0.433 e. The zero-order valence-corrected chi connectivity index (χ0v) is 13.9. The summed E-state index contributed by atoms with van der Waals surface area (Å²) in [6.07, 6.45) is 0.768. The lowest BCUT2D eigenvalue weighted by Gasteiger charge is -2.09. The smallest absolute Gasteiger partial charge is 0.284 e. The van der Waals surface area contributed by atoms with Gasteiger partial charge in [-0.3, -0.25) is 9.38 Å². The van der Waals surface area contributed by atoms with Gasteiger partial charge in [-0.1, -0.05) is 0 Å². The molecule has 3 heterocycles. The van der Waals surface area contributed by atoms with E-state index in [4.69, 9.17) is 0 Å². The van der Waals surface area contributed by atoms with Gasteiger partial charge in [0, 0.05) is 35.3 Å². The van der Waals surface area contributed by atoms with Crippen molar-refractivity contribution in [3.63, 3.8) is 0 Å². The first-order chi connectivity index (χ1) is 13.4. The number of halogens is 4. The van der Waals surface area contributed by atoms with E-state index in [0.717, 1.165) is 6.07 Å². The van der Waals surface area contributed by atoms with Gasteiger partial charge in [-0.2, -0.15) is 18.4 Å². The van der Waals surface area contributed by atoms with Crippen molar-refractivity contribution in [2.75, 3.05) is 0 Å². The highest BCUT2D eigenvalue weighted by atomic mass is 19.4. The Morgan fingerprint density at radius 3 is 2.61 bits per heavy atom. The second-order valence-corrected chi connectivity index (χ2v) is 5.85. The van der Waals surface area contributed by atoms with E-state index in [1.807, 2.05) is 6.07 Å². The van der Waals surface area contributed by atoms with Crippen LogP contribution in [0.15, 0.2) is 55.1 Å². The van der Waals surface area contributed by atoms with Crippen LogP contribution in [0.2, 0.25) is 0 Å². The summed E-state index contributed by atoms with van der Waals surface area (Å²) in [5.74, 6) is -0.671. The van der Waals surface area contributed by atoms with Crippen LogP contribution in [0.4, 0.5) is 17.6 Å². The van der Waals surface area contributed by atoms with E-state index in [1.54, 1.807) is 0 Å². The summed E-state index contributed by atoms with van der Waals surface area (Å²) in [6.45, 7) is 0. The van der Waals surface area contributed by atoms with Crippen LogP contribution in [-0.4, -0.2) is 19.4 Å². The molecule has 4 aromatic rings. The first kappa shape index (κ1) is 17.6. The fourth-order valence-corrected chi connectivity index (χ4v) is 2.85. The lowest BCUT2D eigenvalue weighted by molar-refractivity contribution is -0.141. The average molecular weight is 383 g/mol. The predicted octanol–water partition coefficient (Wildman–Crippen LogP) is 4.49. The third kappa shape index (κ3) is 2.95. The zero-order valence-electron chi connectivity index (χ0n) is 13.9. The molecule has 0 aliphatic rings. The Kier molecular flexibility index (Phi) is 4.04. The fraction of sp³-hybridized carbons (Fsp3) is 0.0526. The second-order valence-electron chi connectivity index (χ2n) is 5.85. The Hall–Kier alpha value is -3.80. The molecule has 9 heteroatoms. The molecule has 0 aliphatic carbocycles. The van der Waals surface area contributed by atoms with Crippen molar-refractivity contribution in [1.82, 2.24) is 19.4 Å². The van der Waals surface area contributed by atoms with Crippen molar-refractivity contribution in [3.8, 4) is 28.5 Å². The van der Waals surface area contributed by atoms with Crippen molar-refractivity contribution in [2.24, 2.45) is 0 Å². The Bertz CT molecular complexity index is 1240. The molecule has 28 heavy (non-hydrogen) atoms. The molecule has 0 spiro atoms. The normalized spacial score (nSPS) is 11.5. The summed E-state index contributed by atoms with van der Waals surface area (Å²) >= 11 is 0. The Labute approximate surface area is 155 Å². The molecule has 0 N–H and O–H groups in total. The van der Waals surface area contributed by atoms with Crippen LogP contribution in [0.3, 0.4) is 0 Å². The number of nitrogens with zero attached hydrogens (tertiary/aromatic N) is 5. The number of pyridine rings is 1. The number of hydrogen-bond acceptors (Lipinski definition) is 4. The van der Waals surface area contributed by atoms with Crippen LogP contribution < -0.4 is 0 Å². The molecule has 0 unspecified atom stereocenters.